The Kier molecular flexibility index (Phi) is 6.87. The Morgan fingerprint density at radius 1 is 1.06 bits per heavy atom. The minimum Gasteiger partial charge on any atom is -0.392 e. The number of unbranched alkanes of at least 4 members (excludes halogenated alkanes) is 5. The molecule has 0 spiro atoms. The molecule has 0 heterocycles. The van der Waals surface area contributed by atoms with Crippen LogP contribution in [0.15, 0.2) is 12.2 Å². The molecule has 0 bridgehead atoms. The van der Waals surface area contributed by atoms with Crippen molar-refractivity contribution in [2.75, 3.05) is 0 Å². The van der Waals surface area contributed by atoms with Crippen LogP contribution in [0.25, 0.3) is 0 Å². The Balaban J connectivity index is 2.11. The quantitative estimate of drug-likeness (QED) is 0.432. The van der Waals surface area contributed by atoms with Gasteiger partial charge in [-0.2, -0.15) is 0 Å². The van der Waals surface area contributed by atoms with Crippen LogP contribution < -0.4 is 0 Å². The smallest absolute Gasteiger partial charge is 0.0611 e. The highest BCUT2D eigenvalue weighted by Gasteiger charge is 2.45. The summed E-state index contributed by atoms with van der Waals surface area (Å²) in [6.45, 7) is 8.58. The molecule has 0 radical (unpaired) electrons. The summed E-state index contributed by atoms with van der Waals surface area (Å²) in [5.41, 5.74) is 1.32. The highest BCUT2D eigenvalue weighted by Crippen LogP contribution is 2.50. The molecule has 1 aliphatic rings. The number of hydrogen-bond donors (Lipinski definition) is 1. The van der Waals surface area contributed by atoms with Gasteiger partial charge in [0.05, 0.1) is 6.10 Å². The molecule has 0 amide bonds. The first kappa shape index (κ1) is 14.8. The summed E-state index contributed by atoms with van der Waals surface area (Å²) in [5, 5.41) is 10.1. The minimum atomic E-state index is -0.106. The molecule has 0 aromatic heterocycles. The van der Waals surface area contributed by atoms with E-state index in [0.717, 1.165) is 6.42 Å². The SMILES string of the molecule is C=C1C(CCCCC)C1C(O)CCCCCC. The first-order valence-electron chi connectivity index (χ1n) is 7.59. The van der Waals surface area contributed by atoms with E-state index in [0.29, 0.717) is 11.8 Å². The lowest BCUT2D eigenvalue weighted by Crippen LogP contribution is -2.10. The molecule has 3 atom stereocenters. The molecule has 1 heteroatoms. The normalized spacial score (nSPS) is 25.0. The van der Waals surface area contributed by atoms with Gasteiger partial charge >= 0.3 is 0 Å². The van der Waals surface area contributed by atoms with Crippen molar-refractivity contribution in [3.8, 4) is 0 Å². The van der Waals surface area contributed by atoms with Gasteiger partial charge in [0, 0.05) is 5.92 Å². The summed E-state index contributed by atoms with van der Waals surface area (Å²) >= 11 is 0. The van der Waals surface area contributed by atoms with E-state index >= 15 is 0 Å². The highest BCUT2D eigenvalue weighted by atomic mass is 16.3. The van der Waals surface area contributed by atoms with Crippen LogP contribution in [-0.4, -0.2) is 11.2 Å². The third kappa shape index (κ3) is 4.83. The van der Waals surface area contributed by atoms with Crippen molar-refractivity contribution in [1.82, 2.24) is 0 Å². The summed E-state index contributed by atoms with van der Waals surface area (Å²) in [4.78, 5) is 0. The molecule has 1 aliphatic carbocycles. The maximum Gasteiger partial charge on any atom is 0.0611 e. The summed E-state index contributed by atoms with van der Waals surface area (Å²) in [7, 11) is 0. The zero-order valence-corrected chi connectivity index (χ0v) is 11.8. The molecule has 0 aromatic rings. The maximum absolute atomic E-state index is 10.1. The van der Waals surface area contributed by atoms with E-state index in [-0.39, 0.29) is 6.10 Å². The van der Waals surface area contributed by atoms with Gasteiger partial charge in [0.2, 0.25) is 0 Å². The molecule has 100 valence electrons. The van der Waals surface area contributed by atoms with Gasteiger partial charge in [-0.15, -0.1) is 0 Å². The number of aliphatic hydroxyl groups is 1. The number of hydrogen-bond acceptors (Lipinski definition) is 1. The fourth-order valence-electron chi connectivity index (χ4n) is 2.86. The molecule has 3 unspecified atom stereocenters. The topological polar surface area (TPSA) is 20.2 Å². The molecule has 1 fully saturated rings. The van der Waals surface area contributed by atoms with Gasteiger partial charge in [0.1, 0.15) is 0 Å². The van der Waals surface area contributed by atoms with E-state index in [9.17, 15) is 5.11 Å². The zero-order chi connectivity index (χ0) is 12.7. The average Bonchev–Trinajstić information content (AvgIpc) is 2.96. The van der Waals surface area contributed by atoms with Crippen LogP contribution in [-0.2, 0) is 0 Å². The second kappa shape index (κ2) is 7.92. The first-order valence-corrected chi connectivity index (χ1v) is 7.59. The van der Waals surface area contributed by atoms with Crippen molar-refractivity contribution < 1.29 is 5.11 Å². The van der Waals surface area contributed by atoms with E-state index < -0.39 is 0 Å². The van der Waals surface area contributed by atoms with E-state index in [4.69, 9.17) is 0 Å². The maximum atomic E-state index is 10.1. The molecule has 1 N–H and O–H groups in total. The molecule has 17 heavy (non-hydrogen) atoms. The third-order valence-corrected chi connectivity index (χ3v) is 4.12. The Bertz CT molecular complexity index is 222. The van der Waals surface area contributed by atoms with Crippen LogP contribution in [0, 0.1) is 11.8 Å². The van der Waals surface area contributed by atoms with Crippen molar-refractivity contribution >= 4 is 0 Å². The van der Waals surface area contributed by atoms with Crippen molar-refractivity contribution in [3.05, 3.63) is 12.2 Å². The average molecular weight is 238 g/mol. The van der Waals surface area contributed by atoms with Gasteiger partial charge in [-0.3, -0.25) is 0 Å². The molecule has 1 nitrogen and oxygen atoms in total. The van der Waals surface area contributed by atoms with Gasteiger partial charge in [0.25, 0.3) is 0 Å². The van der Waals surface area contributed by atoms with Gasteiger partial charge in [-0.1, -0.05) is 70.9 Å². The van der Waals surface area contributed by atoms with Crippen LogP contribution >= 0.6 is 0 Å². The molecule has 0 aromatic carbocycles. The van der Waals surface area contributed by atoms with E-state index in [2.05, 4.69) is 20.4 Å². The Morgan fingerprint density at radius 2 is 1.71 bits per heavy atom. The number of aliphatic hydroxyl groups excluding tert-OH is 1. The molecule has 1 saturated carbocycles. The van der Waals surface area contributed by atoms with Crippen molar-refractivity contribution in [3.63, 3.8) is 0 Å². The fourth-order valence-corrected chi connectivity index (χ4v) is 2.86. The summed E-state index contributed by atoms with van der Waals surface area (Å²) in [6, 6.07) is 0. The molecule has 0 saturated heterocycles. The predicted molar refractivity (Wildman–Crippen MR) is 75.0 cm³/mol. The largest absolute Gasteiger partial charge is 0.392 e. The van der Waals surface area contributed by atoms with Crippen molar-refractivity contribution in [2.45, 2.75) is 77.7 Å². The van der Waals surface area contributed by atoms with Crippen molar-refractivity contribution in [1.29, 1.82) is 0 Å². The van der Waals surface area contributed by atoms with Gasteiger partial charge < -0.3 is 5.11 Å². The zero-order valence-electron chi connectivity index (χ0n) is 11.8. The third-order valence-electron chi connectivity index (χ3n) is 4.12. The molecular formula is C16H30O. The lowest BCUT2D eigenvalue weighted by molar-refractivity contribution is 0.134. The van der Waals surface area contributed by atoms with Crippen LogP contribution in [0.2, 0.25) is 0 Å². The first-order chi connectivity index (χ1) is 8.22. The standard InChI is InChI=1S/C16H30O/c1-4-6-8-10-12-15(17)16-13(3)14(16)11-9-7-5-2/h14-17H,3-12H2,1-2H3. The second-order valence-electron chi connectivity index (χ2n) is 5.62. The van der Waals surface area contributed by atoms with Crippen LogP contribution in [0.5, 0.6) is 0 Å². The second-order valence-corrected chi connectivity index (χ2v) is 5.62. The molecular weight excluding hydrogens is 208 g/mol. The number of rotatable bonds is 10. The van der Waals surface area contributed by atoms with Gasteiger partial charge in [-0.25, -0.2) is 0 Å². The lowest BCUT2D eigenvalue weighted by atomic mass is 10.0. The van der Waals surface area contributed by atoms with Gasteiger partial charge in [-0.05, 0) is 18.8 Å². The summed E-state index contributed by atoms with van der Waals surface area (Å²) < 4.78 is 0. The van der Waals surface area contributed by atoms with E-state index in [1.165, 1.54) is 56.9 Å². The molecule has 0 aliphatic heterocycles. The van der Waals surface area contributed by atoms with Gasteiger partial charge in [0.15, 0.2) is 0 Å². The lowest BCUT2D eigenvalue weighted by Gasteiger charge is -2.09. The Labute approximate surface area is 107 Å². The fraction of sp³-hybridized carbons (Fsp3) is 0.875. The summed E-state index contributed by atoms with van der Waals surface area (Å²) in [6.07, 6.45) is 11.1. The van der Waals surface area contributed by atoms with Crippen LogP contribution in [0.3, 0.4) is 0 Å². The van der Waals surface area contributed by atoms with Crippen molar-refractivity contribution in [2.24, 2.45) is 11.8 Å². The van der Waals surface area contributed by atoms with Crippen LogP contribution in [0.1, 0.15) is 71.6 Å². The Morgan fingerprint density at radius 3 is 2.35 bits per heavy atom. The molecule has 1 rings (SSSR count). The Hall–Kier alpha value is -0.300. The monoisotopic (exact) mass is 238 g/mol. The minimum absolute atomic E-state index is 0.106. The highest BCUT2D eigenvalue weighted by molar-refractivity contribution is 5.27. The van der Waals surface area contributed by atoms with Crippen LogP contribution in [0.4, 0.5) is 0 Å². The van der Waals surface area contributed by atoms with E-state index in [1.54, 1.807) is 0 Å². The summed E-state index contributed by atoms with van der Waals surface area (Å²) in [5.74, 6) is 1.08. The predicted octanol–water partition coefficient (Wildman–Crippen LogP) is 4.70. The van der Waals surface area contributed by atoms with E-state index in [1.807, 2.05) is 0 Å².